The maximum Gasteiger partial charge on any atom is 0.318 e. The van der Waals surface area contributed by atoms with E-state index < -0.39 is 32.9 Å². The summed E-state index contributed by atoms with van der Waals surface area (Å²) < 4.78 is 5.37. The second kappa shape index (κ2) is 9.80. The molecule has 0 aliphatic heterocycles. The largest absolute Gasteiger partial charge is 0.502 e. The highest BCUT2D eigenvalue weighted by molar-refractivity contribution is 5.88. The maximum absolute atomic E-state index is 11.9. The van der Waals surface area contributed by atoms with Crippen LogP contribution < -0.4 is 10.2 Å². The topological polar surface area (TPSA) is 157 Å². The molecule has 0 fully saturated rings. The molecule has 3 aromatic carbocycles. The Labute approximate surface area is 180 Å². The summed E-state index contributed by atoms with van der Waals surface area (Å²) in [6, 6.07) is 18.3. The molecule has 11 heteroatoms. The number of hydrogen-bond acceptors (Lipinski definition) is 8. The first-order valence-electron chi connectivity index (χ1n) is 9.11. The third kappa shape index (κ3) is 5.42. The highest BCUT2D eigenvalue weighted by atomic mass is 16.6. The van der Waals surface area contributed by atoms with Gasteiger partial charge in [0.15, 0.2) is 6.61 Å². The van der Waals surface area contributed by atoms with Gasteiger partial charge >= 0.3 is 5.69 Å². The van der Waals surface area contributed by atoms with Gasteiger partial charge in [0.2, 0.25) is 5.75 Å². The Morgan fingerprint density at radius 1 is 1.00 bits per heavy atom. The average Bonchev–Trinajstić information content (AvgIpc) is 2.79. The van der Waals surface area contributed by atoms with Crippen molar-refractivity contribution < 1.29 is 24.5 Å². The van der Waals surface area contributed by atoms with Crippen molar-refractivity contribution in [3.63, 3.8) is 0 Å². The molecule has 0 aliphatic rings. The zero-order valence-electron chi connectivity index (χ0n) is 16.4. The van der Waals surface area contributed by atoms with Crippen LogP contribution >= 0.6 is 0 Å². The van der Waals surface area contributed by atoms with Gasteiger partial charge < -0.3 is 9.84 Å². The second-order valence-electron chi connectivity index (χ2n) is 6.39. The first-order chi connectivity index (χ1) is 15.3. The Balaban J connectivity index is 1.59. The summed E-state index contributed by atoms with van der Waals surface area (Å²) in [5.74, 6) is -1.00. The summed E-state index contributed by atoms with van der Waals surface area (Å²) in [4.78, 5) is 31.9. The number of non-ortho nitro benzene ring substituents is 1. The van der Waals surface area contributed by atoms with Crippen LogP contribution in [0.4, 0.5) is 11.4 Å². The Kier molecular flexibility index (Phi) is 6.71. The summed E-state index contributed by atoms with van der Waals surface area (Å²) in [5, 5.41) is 35.3. The molecule has 2 N–H and O–H groups in total. The van der Waals surface area contributed by atoms with Crippen molar-refractivity contribution in [1.82, 2.24) is 5.43 Å². The first kappa shape index (κ1) is 21.9. The third-order valence-corrected chi connectivity index (χ3v) is 4.24. The first-order valence-corrected chi connectivity index (χ1v) is 9.11. The summed E-state index contributed by atoms with van der Waals surface area (Å²) in [6.07, 6.45) is 0.863. The van der Waals surface area contributed by atoms with Crippen LogP contribution in [0.2, 0.25) is 0 Å². The van der Waals surface area contributed by atoms with Crippen LogP contribution in [0.25, 0.3) is 11.1 Å². The van der Waals surface area contributed by atoms with Crippen LogP contribution in [-0.4, -0.2) is 33.7 Å². The van der Waals surface area contributed by atoms with E-state index in [-0.39, 0.29) is 12.2 Å². The number of carbonyl (C=O) groups is 1. The minimum atomic E-state index is -0.963. The van der Waals surface area contributed by atoms with Gasteiger partial charge in [0.1, 0.15) is 5.75 Å². The fourth-order valence-electron chi connectivity index (χ4n) is 2.70. The van der Waals surface area contributed by atoms with E-state index in [1.54, 1.807) is 12.1 Å². The SMILES string of the molecule is O=C(COc1ccc(-c2ccccc2)cc1)N/N=C\c1cc([N+](=O)[O-])cc([N+](=O)[O-])c1O. The number of hydrazone groups is 1. The van der Waals surface area contributed by atoms with Gasteiger partial charge in [0, 0.05) is 6.07 Å². The number of nitro benzene ring substituents is 2. The molecule has 3 rings (SSSR count). The molecule has 0 heterocycles. The molecule has 0 saturated carbocycles. The zero-order chi connectivity index (χ0) is 23.1. The van der Waals surface area contributed by atoms with Gasteiger partial charge in [0.05, 0.1) is 27.7 Å². The molecule has 0 unspecified atom stereocenters. The van der Waals surface area contributed by atoms with Crippen LogP contribution in [0.3, 0.4) is 0 Å². The monoisotopic (exact) mass is 436 g/mol. The predicted molar refractivity (Wildman–Crippen MR) is 115 cm³/mol. The summed E-state index contributed by atoms with van der Waals surface area (Å²) in [5.41, 5.74) is 2.38. The van der Waals surface area contributed by atoms with Gasteiger partial charge in [-0.15, -0.1) is 0 Å². The van der Waals surface area contributed by atoms with E-state index in [4.69, 9.17) is 4.74 Å². The minimum Gasteiger partial charge on any atom is -0.502 e. The standard InChI is InChI=1S/C21H16N4O7/c26-20(13-32-18-8-6-15(7-9-18)14-4-2-1-3-5-14)23-22-12-16-10-17(24(28)29)11-19(21(16)27)25(30)31/h1-12,27H,13H2,(H,23,26)/b22-12-. The number of aromatic hydroxyl groups is 1. The van der Waals surface area contributed by atoms with E-state index in [9.17, 15) is 30.1 Å². The molecule has 0 bridgehead atoms. The van der Waals surface area contributed by atoms with Gasteiger partial charge in [-0.1, -0.05) is 42.5 Å². The molecule has 32 heavy (non-hydrogen) atoms. The molecule has 11 nitrogen and oxygen atoms in total. The number of nitro groups is 2. The van der Waals surface area contributed by atoms with E-state index >= 15 is 0 Å². The van der Waals surface area contributed by atoms with Gasteiger partial charge in [-0.3, -0.25) is 25.0 Å². The number of amides is 1. The lowest BCUT2D eigenvalue weighted by Gasteiger charge is -2.07. The van der Waals surface area contributed by atoms with Crippen molar-refractivity contribution in [3.8, 4) is 22.6 Å². The maximum atomic E-state index is 11.9. The van der Waals surface area contributed by atoms with E-state index in [2.05, 4.69) is 10.5 Å². The molecule has 0 aromatic heterocycles. The molecule has 1 amide bonds. The normalized spacial score (nSPS) is 10.6. The van der Waals surface area contributed by atoms with E-state index in [0.29, 0.717) is 11.8 Å². The van der Waals surface area contributed by atoms with Crippen molar-refractivity contribution in [3.05, 3.63) is 92.5 Å². The number of carbonyl (C=O) groups excluding carboxylic acids is 1. The van der Waals surface area contributed by atoms with Crippen LogP contribution in [0.15, 0.2) is 71.8 Å². The van der Waals surface area contributed by atoms with Crippen LogP contribution in [-0.2, 0) is 4.79 Å². The highest BCUT2D eigenvalue weighted by Gasteiger charge is 2.23. The number of rotatable bonds is 8. The molecule has 0 atom stereocenters. The van der Waals surface area contributed by atoms with Crippen LogP contribution in [0.1, 0.15) is 5.56 Å². The summed E-state index contributed by atoms with van der Waals surface area (Å²) >= 11 is 0. The quantitative estimate of drug-likeness (QED) is 0.311. The van der Waals surface area contributed by atoms with E-state index in [1.165, 1.54) is 0 Å². The number of phenols is 1. The van der Waals surface area contributed by atoms with Gasteiger partial charge in [-0.2, -0.15) is 5.10 Å². The van der Waals surface area contributed by atoms with Gasteiger partial charge in [0.25, 0.3) is 11.6 Å². The van der Waals surface area contributed by atoms with E-state index in [1.807, 2.05) is 42.5 Å². The summed E-state index contributed by atoms with van der Waals surface area (Å²) in [6.45, 7) is -0.372. The van der Waals surface area contributed by atoms with Gasteiger partial charge in [-0.25, -0.2) is 5.43 Å². The molecule has 3 aromatic rings. The fourth-order valence-corrected chi connectivity index (χ4v) is 2.70. The molecule has 162 valence electrons. The Morgan fingerprint density at radius 2 is 1.66 bits per heavy atom. The lowest BCUT2D eigenvalue weighted by molar-refractivity contribution is -0.394. The number of nitrogens with one attached hydrogen (secondary N) is 1. The minimum absolute atomic E-state index is 0.302. The lowest BCUT2D eigenvalue weighted by Crippen LogP contribution is -2.24. The van der Waals surface area contributed by atoms with Crippen LogP contribution in [0.5, 0.6) is 11.5 Å². The smallest absolute Gasteiger partial charge is 0.318 e. The van der Waals surface area contributed by atoms with Crippen LogP contribution in [0, 0.1) is 20.2 Å². The molecule has 0 radical (unpaired) electrons. The highest BCUT2D eigenvalue weighted by Crippen LogP contribution is 2.33. The van der Waals surface area contributed by atoms with Gasteiger partial charge in [-0.05, 0) is 23.3 Å². The number of phenolic OH excluding ortho intramolecular Hbond substituents is 1. The summed E-state index contributed by atoms with van der Waals surface area (Å²) in [7, 11) is 0. The predicted octanol–water partition coefficient (Wildman–Crippen LogP) is 3.40. The molecule has 0 saturated heterocycles. The fraction of sp³-hybridized carbons (Fsp3) is 0.0476. The van der Waals surface area contributed by atoms with Crippen molar-refractivity contribution in [2.45, 2.75) is 0 Å². The number of ether oxygens (including phenoxy) is 1. The second-order valence-corrected chi connectivity index (χ2v) is 6.39. The Morgan fingerprint density at radius 3 is 2.28 bits per heavy atom. The molecule has 0 spiro atoms. The number of benzene rings is 3. The van der Waals surface area contributed by atoms with Crippen molar-refractivity contribution in [2.24, 2.45) is 5.10 Å². The van der Waals surface area contributed by atoms with Crippen molar-refractivity contribution >= 4 is 23.5 Å². The number of hydrogen-bond donors (Lipinski definition) is 2. The molecular formula is C21H16N4O7. The zero-order valence-corrected chi connectivity index (χ0v) is 16.4. The Bertz CT molecular complexity index is 1180. The van der Waals surface area contributed by atoms with Crippen molar-refractivity contribution in [1.29, 1.82) is 0 Å². The molecule has 0 aliphatic carbocycles. The number of nitrogens with zero attached hydrogens (tertiary/aromatic N) is 3. The molecular weight excluding hydrogens is 420 g/mol. The average molecular weight is 436 g/mol. The Hall–Kier alpha value is -4.80. The third-order valence-electron chi connectivity index (χ3n) is 4.24. The lowest BCUT2D eigenvalue weighted by atomic mass is 10.1. The van der Waals surface area contributed by atoms with Crippen molar-refractivity contribution in [2.75, 3.05) is 6.61 Å². The van der Waals surface area contributed by atoms with E-state index in [0.717, 1.165) is 23.4 Å².